The lowest BCUT2D eigenvalue weighted by Gasteiger charge is -2.31. The summed E-state index contributed by atoms with van der Waals surface area (Å²) in [5, 5.41) is 4.02. The van der Waals surface area contributed by atoms with Gasteiger partial charge in [0.2, 0.25) is 5.95 Å². The van der Waals surface area contributed by atoms with E-state index in [2.05, 4.69) is 27.1 Å². The van der Waals surface area contributed by atoms with Crippen molar-refractivity contribution in [2.45, 2.75) is 26.7 Å². The Bertz CT molecular complexity index is 659. The van der Waals surface area contributed by atoms with E-state index in [0.717, 1.165) is 41.1 Å². The lowest BCUT2D eigenvalue weighted by atomic mass is 10.0. The van der Waals surface area contributed by atoms with Gasteiger partial charge >= 0.3 is 0 Å². The largest absolute Gasteiger partial charge is 0.356 e. The van der Waals surface area contributed by atoms with Gasteiger partial charge in [0.25, 0.3) is 0 Å². The highest BCUT2D eigenvalue weighted by Gasteiger charge is 2.18. The van der Waals surface area contributed by atoms with Crippen molar-refractivity contribution in [3.8, 4) is 0 Å². The summed E-state index contributed by atoms with van der Waals surface area (Å²) in [4.78, 5) is 11.3. The van der Waals surface area contributed by atoms with E-state index in [-0.39, 0.29) is 0 Å². The molecule has 1 aromatic heterocycles. The summed E-state index contributed by atoms with van der Waals surface area (Å²) in [5.41, 5.74) is 2.06. The fraction of sp³-hybridized carbons (Fsp3) is 0.412. The van der Waals surface area contributed by atoms with Crippen molar-refractivity contribution in [2.75, 3.05) is 23.3 Å². The van der Waals surface area contributed by atoms with Gasteiger partial charge in [-0.15, -0.1) is 0 Å². The normalized spacial score (nSPS) is 18.3. The molecule has 0 amide bonds. The number of rotatable bonds is 3. The van der Waals surface area contributed by atoms with Crippen molar-refractivity contribution < 1.29 is 0 Å². The Hall–Kier alpha value is -1.81. The summed E-state index contributed by atoms with van der Waals surface area (Å²) in [6, 6.07) is 7.74. The van der Waals surface area contributed by atoms with Crippen LogP contribution in [0.1, 0.15) is 25.3 Å². The Morgan fingerprint density at radius 2 is 2.18 bits per heavy atom. The van der Waals surface area contributed by atoms with Gasteiger partial charge in [0.05, 0.1) is 0 Å². The number of nitrogens with one attached hydrogen (secondary N) is 1. The molecule has 1 fully saturated rings. The molecule has 1 saturated heterocycles. The average Bonchev–Trinajstić information content (AvgIpc) is 2.50. The third-order valence-electron chi connectivity index (χ3n) is 4.06. The van der Waals surface area contributed by atoms with Crippen molar-refractivity contribution >= 4 is 29.1 Å². The molecule has 1 aliphatic heterocycles. The van der Waals surface area contributed by atoms with Gasteiger partial charge in [-0.25, -0.2) is 4.98 Å². The molecule has 3 rings (SSSR count). The van der Waals surface area contributed by atoms with Crippen LogP contribution in [0.4, 0.5) is 17.5 Å². The number of aryl methyl sites for hydroxylation is 1. The maximum atomic E-state index is 5.99. The minimum atomic E-state index is 0.626. The van der Waals surface area contributed by atoms with Crippen LogP contribution in [0.3, 0.4) is 0 Å². The number of piperidine rings is 1. The van der Waals surface area contributed by atoms with Crippen LogP contribution in [-0.2, 0) is 0 Å². The van der Waals surface area contributed by atoms with Gasteiger partial charge in [0, 0.05) is 30.0 Å². The van der Waals surface area contributed by atoms with E-state index >= 15 is 0 Å². The van der Waals surface area contributed by atoms with E-state index in [1.807, 2.05) is 37.4 Å². The van der Waals surface area contributed by atoms with E-state index < -0.39 is 0 Å². The van der Waals surface area contributed by atoms with Gasteiger partial charge in [0.1, 0.15) is 5.82 Å². The molecule has 1 unspecified atom stereocenters. The van der Waals surface area contributed by atoms with Crippen molar-refractivity contribution in [1.82, 2.24) is 9.97 Å². The van der Waals surface area contributed by atoms with Crippen molar-refractivity contribution in [2.24, 2.45) is 5.92 Å². The van der Waals surface area contributed by atoms with Crippen molar-refractivity contribution in [3.05, 3.63) is 41.0 Å². The van der Waals surface area contributed by atoms with Crippen LogP contribution in [0.2, 0.25) is 5.02 Å². The minimum absolute atomic E-state index is 0.626. The maximum Gasteiger partial charge on any atom is 0.229 e. The first-order valence-corrected chi connectivity index (χ1v) is 8.11. The topological polar surface area (TPSA) is 41.1 Å². The number of nitrogens with zero attached hydrogens (tertiary/aromatic N) is 3. The van der Waals surface area contributed by atoms with Crippen LogP contribution in [0, 0.1) is 12.8 Å². The van der Waals surface area contributed by atoms with Crippen LogP contribution in [0.15, 0.2) is 30.5 Å². The summed E-state index contributed by atoms with van der Waals surface area (Å²) in [6.07, 6.45) is 4.34. The molecular formula is C17H21ClN4. The number of benzene rings is 1. The molecule has 2 aromatic rings. The van der Waals surface area contributed by atoms with Crippen molar-refractivity contribution in [1.29, 1.82) is 0 Å². The van der Waals surface area contributed by atoms with Crippen LogP contribution in [-0.4, -0.2) is 23.1 Å². The highest BCUT2D eigenvalue weighted by Crippen LogP contribution is 2.24. The Balaban J connectivity index is 1.79. The molecule has 1 N–H and O–H groups in total. The molecule has 1 aliphatic rings. The van der Waals surface area contributed by atoms with E-state index in [9.17, 15) is 0 Å². The maximum absolute atomic E-state index is 5.99. The second-order valence-corrected chi connectivity index (χ2v) is 6.45. The molecule has 0 saturated carbocycles. The fourth-order valence-corrected chi connectivity index (χ4v) is 3.10. The minimum Gasteiger partial charge on any atom is -0.356 e. The number of anilines is 3. The number of aromatic nitrogens is 2. The molecular weight excluding hydrogens is 296 g/mol. The molecule has 1 aromatic carbocycles. The molecule has 5 heteroatoms. The van der Waals surface area contributed by atoms with Crippen LogP contribution in [0.25, 0.3) is 0 Å². The third kappa shape index (κ3) is 3.50. The molecule has 116 valence electrons. The van der Waals surface area contributed by atoms with Gasteiger partial charge in [0.15, 0.2) is 0 Å². The Morgan fingerprint density at radius 3 is 2.95 bits per heavy atom. The molecule has 1 atom stereocenters. The molecule has 22 heavy (non-hydrogen) atoms. The summed E-state index contributed by atoms with van der Waals surface area (Å²) < 4.78 is 0. The average molecular weight is 317 g/mol. The fourth-order valence-electron chi connectivity index (χ4n) is 2.87. The van der Waals surface area contributed by atoms with Crippen LogP contribution >= 0.6 is 11.6 Å². The molecule has 4 nitrogen and oxygen atoms in total. The summed E-state index contributed by atoms with van der Waals surface area (Å²) in [7, 11) is 0. The van der Waals surface area contributed by atoms with Crippen molar-refractivity contribution in [3.63, 3.8) is 0 Å². The Kier molecular flexibility index (Phi) is 4.48. The van der Waals surface area contributed by atoms with Crippen LogP contribution < -0.4 is 10.2 Å². The summed E-state index contributed by atoms with van der Waals surface area (Å²) >= 11 is 5.99. The van der Waals surface area contributed by atoms with Gasteiger partial charge < -0.3 is 10.2 Å². The summed E-state index contributed by atoms with van der Waals surface area (Å²) in [6.45, 7) is 6.45. The standard InChI is InChI=1S/C17H21ClN4/c1-12-4-3-9-22(11-12)16-7-8-19-17(21-16)20-15-6-5-14(18)10-13(15)2/h5-8,10,12H,3-4,9,11H2,1-2H3,(H,19,20,21). The third-order valence-corrected chi connectivity index (χ3v) is 4.29. The lowest BCUT2D eigenvalue weighted by Crippen LogP contribution is -2.34. The molecule has 0 spiro atoms. The first-order valence-electron chi connectivity index (χ1n) is 7.73. The smallest absolute Gasteiger partial charge is 0.229 e. The Morgan fingerprint density at radius 1 is 1.32 bits per heavy atom. The van der Waals surface area contributed by atoms with Crippen LogP contribution in [0.5, 0.6) is 0 Å². The van der Waals surface area contributed by atoms with Gasteiger partial charge in [-0.05, 0) is 55.5 Å². The van der Waals surface area contributed by atoms with E-state index in [4.69, 9.17) is 11.6 Å². The predicted octanol–water partition coefficient (Wildman–Crippen LogP) is 4.42. The van der Waals surface area contributed by atoms with E-state index in [0.29, 0.717) is 5.95 Å². The van der Waals surface area contributed by atoms with E-state index in [1.54, 1.807) is 0 Å². The van der Waals surface area contributed by atoms with E-state index in [1.165, 1.54) is 12.8 Å². The zero-order valence-corrected chi connectivity index (χ0v) is 13.8. The predicted molar refractivity (Wildman–Crippen MR) is 92.1 cm³/mol. The number of hydrogen-bond acceptors (Lipinski definition) is 4. The monoisotopic (exact) mass is 316 g/mol. The van der Waals surface area contributed by atoms with Gasteiger partial charge in [-0.3, -0.25) is 0 Å². The zero-order valence-electron chi connectivity index (χ0n) is 13.0. The second kappa shape index (κ2) is 6.53. The number of halogens is 1. The molecule has 2 heterocycles. The first-order chi connectivity index (χ1) is 10.6. The first kappa shape index (κ1) is 15.1. The molecule has 0 aliphatic carbocycles. The molecule has 0 bridgehead atoms. The second-order valence-electron chi connectivity index (χ2n) is 6.02. The van der Waals surface area contributed by atoms with Gasteiger partial charge in [-0.2, -0.15) is 4.98 Å². The highest BCUT2D eigenvalue weighted by atomic mass is 35.5. The SMILES string of the molecule is Cc1cc(Cl)ccc1Nc1nccc(N2CCCC(C)C2)n1. The Labute approximate surface area is 136 Å². The van der Waals surface area contributed by atoms with Gasteiger partial charge in [-0.1, -0.05) is 18.5 Å². The zero-order chi connectivity index (χ0) is 15.5. The highest BCUT2D eigenvalue weighted by molar-refractivity contribution is 6.30. The number of hydrogen-bond donors (Lipinski definition) is 1. The summed E-state index contributed by atoms with van der Waals surface area (Å²) in [5.74, 6) is 2.34. The quantitative estimate of drug-likeness (QED) is 0.910. The lowest BCUT2D eigenvalue weighted by molar-refractivity contribution is 0.444. The molecule has 0 radical (unpaired) electrons.